The number of nitrogens with zero attached hydrogens (tertiary/aromatic N) is 1. The number of hydrogen-bond acceptors (Lipinski definition) is 5. The summed E-state index contributed by atoms with van der Waals surface area (Å²) in [5.74, 6) is 2.99. The molecule has 0 bridgehead atoms. The second kappa shape index (κ2) is 10.3. The van der Waals surface area contributed by atoms with Gasteiger partial charge in [-0.2, -0.15) is 5.10 Å². The van der Waals surface area contributed by atoms with Crippen LogP contribution in [0.25, 0.3) is 0 Å². The number of fused-ring (bicyclic) bond motifs is 5. The van der Waals surface area contributed by atoms with Crippen molar-refractivity contribution in [3.8, 4) is 5.75 Å². The molecule has 4 N–H and O–H groups in total. The summed E-state index contributed by atoms with van der Waals surface area (Å²) in [6.07, 6.45) is 10.8. The first-order chi connectivity index (χ1) is 17.6. The Labute approximate surface area is 221 Å². The maximum absolute atomic E-state index is 12.5. The SMILES string of the molecule is CC(CCC(=O)N/N=C/c1ccccc1O)C1CCC2C3C(O)CC4CC(O)CCC4(C)C3CCC12C. The number of hydrazone groups is 1. The number of carbonyl (C=O) groups is 1. The van der Waals surface area contributed by atoms with Gasteiger partial charge in [0.1, 0.15) is 5.75 Å². The summed E-state index contributed by atoms with van der Waals surface area (Å²) in [5, 5.41) is 35.6. The third-order valence-corrected chi connectivity index (χ3v) is 11.6. The molecule has 10 unspecified atom stereocenters. The van der Waals surface area contributed by atoms with Crippen molar-refractivity contribution in [1.29, 1.82) is 0 Å². The van der Waals surface area contributed by atoms with E-state index in [1.807, 2.05) is 6.07 Å². The molecule has 0 aromatic heterocycles. The minimum Gasteiger partial charge on any atom is -0.507 e. The highest BCUT2D eigenvalue weighted by molar-refractivity contribution is 5.84. The summed E-state index contributed by atoms with van der Waals surface area (Å²) in [4.78, 5) is 12.5. The minimum atomic E-state index is -0.250. The van der Waals surface area contributed by atoms with Crippen molar-refractivity contribution in [3.63, 3.8) is 0 Å². The molecule has 6 heteroatoms. The quantitative estimate of drug-likeness (QED) is 0.310. The topological polar surface area (TPSA) is 102 Å². The number of aromatic hydroxyl groups is 1. The van der Waals surface area contributed by atoms with Crippen LogP contribution in [-0.2, 0) is 4.79 Å². The maximum Gasteiger partial charge on any atom is 0.240 e. The van der Waals surface area contributed by atoms with Crippen molar-refractivity contribution in [2.24, 2.45) is 51.4 Å². The van der Waals surface area contributed by atoms with Gasteiger partial charge in [0.2, 0.25) is 5.91 Å². The molecule has 0 heterocycles. The first-order valence-electron chi connectivity index (χ1n) is 14.6. The zero-order chi connectivity index (χ0) is 26.4. The number of phenols is 1. The molecule has 4 saturated carbocycles. The Morgan fingerprint density at radius 2 is 1.81 bits per heavy atom. The van der Waals surface area contributed by atoms with Gasteiger partial charge in [-0.15, -0.1) is 0 Å². The third kappa shape index (κ3) is 4.85. The van der Waals surface area contributed by atoms with E-state index >= 15 is 0 Å². The van der Waals surface area contributed by atoms with Gasteiger partial charge in [0.05, 0.1) is 18.4 Å². The van der Waals surface area contributed by atoms with Gasteiger partial charge < -0.3 is 15.3 Å². The van der Waals surface area contributed by atoms with E-state index in [0.717, 1.165) is 32.1 Å². The van der Waals surface area contributed by atoms with Gasteiger partial charge in [-0.1, -0.05) is 32.9 Å². The van der Waals surface area contributed by atoms with Crippen molar-refractivity contribution in [2.75, 3.05) is 0 Å². The minimum absolute atomic E-state index is 0.0944. The lowest BCUT2D eigenvalue weighted by molar-refractivity contribution is -0.174. The number of hydrogen-bond donors (Lipinski definition) is 4. The lowest BCUT2D eigenvalue weighted by Crippen LogP contribution is -2.58. The van der Waals surface area contributed by atoms with E-state index in [-0.39, 0.29) is 34.7 Å². The van der Waals surface area contributed by atoms with Crippen LogP contribution in [0.5, 0.6) is 5.75 Å². The predicted molar refractivity (Wildman–Crippen MR) is 145 cm³/mol. The van der Waals surface area contributed by atoms with Gasteiger partial charge in [-0.3, -0.25) is 4.79 Å². The molecule has 4 aliphatic carbocycles. The van der Waals surface area contributed by atoms with E-state index in [0.29, 0.717) is 47.5 Å². The Morgan fingerprint density at radius 1 is 1.08 bits per heavy atom. The Kier molecular flexibility index (Phi) is 7.45. The van der Waals surface area contributed by atoms with E-state index in [2.05, 4.69) is 31.3 Å². The summed E-state index contributed by atoms with van der Waals surface area (Å²) in [6.45, 7) is 7.25. The highest BCUT2D eigenvalue weighted by Gasteiger charge is 2.62. The van der Waals surface area contributed by atoms with E-state index < -0.39 is 0 Å². The molecular weight excluding hydrogens is 464 g/mol. The zero-order valence-electron chi connectivity index (χ0n) is 22.8. The van der Waals surface area contributed by atoms with Crippen LogP contribution in [0.2, 0.25) is 0 Å². The molecule has 1 aromatic carbocycles. The lowest BCUT2D eigenvalue weighted by Gasteiger charge is -2.62. The van der Waals surface area contributed by atoms with Gasteiger partial charge in [0.15, 0.2) is 0 Å². The number of aliphatic hydroxyl groups is 2. The second-order valence-corrected chi connectivity index (χ2v) is 13.3. The molecule has 1 aromatic rings. The molecule has 5 rings (SSSR count). The Morgan fingerprint density at radius 3 is 2.59 bits per heavy atom. The highest BCUT2D eigenvalue weighted by Crippen LogP contribution is 2.68. The van der Waals surface area contributed by atoms with Crippen LogP contribution in [0, 0.1) is 46.3 Å². The predicted octanol–water partition coefficient (Wildman–Crippen LogP) is 5.25. The van der Waals surface area contributed by atoms with Gasteiger partial charge in [0.25, 0.3) is 0 Å². The van der Waals surface area contributed by atoms with Crippen LogP contribution < -0.4 is 5.43 Å². The standard InChI is InChI=1S/C31H46N2O4/c1-19(8-11-28(37)33-32-18-20-6-4-5-7-26(20)35)23-9-10-24-29-25(13-15-31(23,24)3)30(2)14-12-22(34)16-21(30)17-27(29)36/h4-7,18-19,21-25,27,29,34-36H,8-17H2,1-3H3,(H,33,37)/b32-18+. The van der Waals surface area contributed by atoms with Gasteiger partial charge in [0, 0.05) is 12.0 Å². The van der Waals surface area contributed by atoms with Crippen LogP contribution in [0.4, 0.5) is 0 Å². The smallest absolute Gasteiger partial charge is 0.240 e. The molecule has 10 atom stereocenters. The fourth-order valence-electron chi connectivity index (χ4n) is 9.56. The van der Waals surface area contributed by atoms with Crippen molar-refractivity contribution in [2.45, 2.75) is 97.2 Å². The molecule has 37 heavy (non-hydrogen) atoms. The largest absolute Gasteiger partial charge is 0.507 e. The molecule has 0 radical (unpaired) electrons. The van der Waals surface area contributed by atoms with E-state index in [4.69, 9.17) is 0 Å². The van der Waals surface area contributed by atoms with E-state index in [9.17, 15) is 20.1 Å². The molecule has 1 amide bonds. The number of para-hydroxylation sites is 1. The number of aliphatic hydroxyl groups excluding tert-OH is 2. The van der Waals surface area contributed by atoms with Gasteiger partial charge in [-0.25, -0.2) is 5.43 Å². The molecule has 0 saturated heterocycles. The summed E-state index contributed by atoms with van der Waals surface area (Å²) in [5.41, 5.74) is 3.66. The fourth-order valence-corrected chi connectivity index (χ4v) is 9.56. The normalized spacial score (nSPS) is 42.0. The molecule has 6 nitrogen and oxygen atoms in total. The van der Waals surface area contributed by atoms with E-state index in [1.54, 1.807) is 18.2 Å². The Hall–Kier alpha value is -1.92. The van der Waals surface area contributed by atoms with Crippen LogP contribution in [-0.4, -0.2) is 39.6 Å². The fraction of sp³-hybridized carbons (Fsp3) is 0.742. The number of carbonyl (C=O) groups excluding carboxylic acids is 1. The van der Waals surface area contributed by atoms with E-state index in [1.165, 1.54) is 31.9 Å². The number of rotatable bonds is 6. The third-order valence-electron chi connectivity index (χ3n) is 11.6. The number of amides is 1. The number of phenolic OH excluding ortho intramolecular Hbond substituents is 1. The lowest BCUT2D eigenvalue weighted by atomic mass is 9.43. The Bertz CT molecular complexity index is 1010. The molecule has 204 valence electrons. The summed E-state index contributed by atoms with van der Waals surface area (Å²) >= 11 is 0. The van der Waals surface area contributed by atoms with Crippen molar-refractivity contribution < 1.29 is 20.1 Å². The summed E-state index contributed by atoms with van der Waals surface area (Å²) in [7, 11) is 0. The summed E-state index contributed by atoms with van der Waals surface area (Å²) < 4.78 is 0. The van der Waals surface area contributed by atoms with Crippen molar-refractivity contribution in [1.82, 2.24) is 5.43 Å². The van der Waals surface area contributed by atoms with Crippen molar-refractivity contribution in [3.05, 3.63) is 29.8 Å². The van der Waals surface area contributed by atoms with Crippen molar-refractivity contribution >= 4 is 12.1 Å². The summed E-state index contributed by atoms with van der Waals surface area (Å²) in [6, 6.07) is 6.91. The second-order valence-electron chi connectivity index (χ2n) is 13.3. The monoisotopic (exact) mass is 510 g/mol. The highest BCUT2D eigenvalue weighted by atomic mass is 16.3. The molecule has 0 spiro atoms. The maximum atomic E-state index is 12.5. The molecule has 0 aliphatic heterocycles. The van der Waals surface area contributed by atoms with Crippen LogP contribution in [0.1, 0.15) is 90.5 Å². The number of benzene rings is 1. The van der Waals surface area contributed by atoms with Crippen LogP contribution >= 0.6 is 0 Å². The molecular formula is C31H46N2O4. The van der Waals surface area contributed by atoms with Gasteiger partial charge >= 0.3 is 0 Å². The molecule has 4 fully saturated rings. The number of nitrogens with one attached hydrogen (secondary N) is 1. The average molecular weight is 511 g/mol. The molecule has 4 aliphatic rings. The average Bonchev–Trinajstić information content (AvgIpc) is 3.22. The first-order valence-corrected chi connectivity index (χ1v) is 14.6. The first kappa shape index (κ1) is 26.7. The van der Waals surface area contributed by atoms with Gasteiger partial charge in [-0.05, 0) is 116 Å². The zero-order valence-corrected chi connectivity index (χ0v) is 22.8. The van der Waals surface area contributed by atoms with Crippen LogP contribution in [0.3, 0.4) is 0 Å². The Balaban J connectivity index is 1.19. The van der Waals surface area contributed by atoms with Crippen LogP contribution in [0.15, 0.2) is 29.4 Å².